The van der Waals surface area contributed by atoms with Gasteiger partial charge in [-0.15, -0.1) is 0 Å². The average Bonchev–Trinajstić information content (AvgIpc) is 3.55. The quantitative estimate of drug-likeness (QED) is 0.193. The summed E-state index contributed by atoms with van der Waals surface area (Å²) in [6.07, 6.45) is 4.11. The number of carbonyl (C=O) groups excluding carboxylic acids is 1. The fraction of sp³-hybridized carbons (Fsp3) is 0.447. The number of ether oxygens (including phenoxy) is 2. The molecule has 2 fully saturated rings. The van der Waals surface area contributed by atoms with Gasteiger partial charge in [-0.05, 0) is 75.0 Å². The van der Waals surface area contributed by atoms with Gasteiger partial charge in [-0.1, -0.05) is 25.1 Å². The van der Waals surface area contributed by atoms with E-state index in [0.29, 0.717) is 43.2 Å². The van der Waals surface area contributed by atoms with Crippen molar-refractivity contribution in [2.24, 2.45) is 0 Å². The number of anilines is 3. The zero-order chi connectivity index (χ0) is 34.9. The molecule has 0 radical (unpaired) electrons. The molecule has 50 heavy (non-hydrogen) atoms. The van der Waals surface area contributed by atoms with Crippen molar-refractivity contribution >= 4 is 23.1 Å². The van der Waals surface area contributed by atoms with Crippen LogP contribution in [-0.4, -0.2) is 94.6 Å². The minimum atomic E-state index is -0.659. The van der Waals surface area contributed by atoms with Crippen molar-refractivity contribution in [1.82, 2.24) is 29.5 Å². The van der Waals surface area contributed by atoms with E-state index < -0.39 is 5.41 Å². The van der Waals surface area contributed by atoms with Crippen LogP contribution in [0.15, 0.2) is 60.9 Å². The van der Waals surface area contributed by atoms with Crippen molar-refractivity contribution in [1.29, 1.82) is 5.26 Å². The molecular weight excluding hydrogens is 630 g/mol. The van der Waals surface area contributed by atoms with E-state index in [2.05, 4.69) is 42.5 Å². The van der Waals surface area contributed by atoms with Crippen LogP contribution in [0.1, 0.15) is 59.6 Å². The first-order valence-corrected chi connectivity index (χ1v) is 17.5. The normalized spacial score (nSPS) is 16.8. The summed E-state index contributed by atoms with van der Waals surface area (Å²) in [4.78, 5) is 27.4. The third-order valence-electron chi connectivity index (χ3n) is 9.66. The van der Waals surface area contributed by atoms with Crippen molar-refractivity contribution in [3.8, 4) is 11.9 Å². The summed E-state index contributed by atoms with van der Waals surface area (Å²) in [7, 11) is 0. The van der Waals surface area contributed by atoms with E-state index in [0.717, 1.165) is 92.8 Å². The second kappa shape index (κ2) is 16.4. The zero-order valence-corrected chi connectivity index (χ0v) is 29.3. The number of aromatic nitrogens is 4. The lowest BCUT2D eigenvalue weighted by Gasteiger charge is -2.26. The van der Waals surface area contributed by atoms with Gasteiger partial charge in [-0.25, -0.2) is 9.97 Å². The number of aryl methyl sites for hydroxylation is 2. The van der Waals surface area contributed by atoms with E-state index in [4.69, 9.17) is 14.6 Å². The molecule has 0 aliphatic carbocycles. The molecule has 4 heterocycles. The Morgan fingerprint density at radius 3 is 2.46 bits per heavy atom. The summed E-state index contributed by atoms with van der Waals surface area (Å²) in [5, 5.41) is 21.4. The largest absolute Gasteiger partial charge is 0.379 e. The highest BCUT2D eigenvalue weighted by Gasteiger charge is 2.25. The summed E-state index contributed by atoms with van der Waals surface area (Å²) in [5.74, 6) is 1.22. The molecule has 4 aromatic rings. The summed E-state index contributed by atoms with van der Waals surface area (Å²) in [6.45, 7) is 14.3. The summed E-state index contributed by atoms with van der Waals surface area (Å²) in [6, 6.07) is 19.6. The summed E-state index contributed by atoms with van der Waals surface area (Å²) < 4.78 is 12.9. The highest BCUT2D eigenvalue weighted by Crippen LogP contribution is 2.29. The van der Waals surface area contributed by atoms with Gasteiger partial charge in [0, 0.05) is 67.5 Å². The number of benzene rings is 2. The molecule has 0 bridgehead atoms. The molecule has 2 aromatic carbocycles. The van der Waals surface area contributed by atoms with Crippen LogP contribution < -0.4 is 10.6 Å². The van der Waals surface area contributed by atoms with Crippen molar-refractivity contribution < 1.29 is 14.3 Å². The molecule has 1 amide bonds. The van der Waals surface area contributed by atoms with E-state index in [1.165, 1.54) is 0 Å². The maximum atomic E-state index is 13.4. The molecule has 12 heteroatoms. The zero-order valence-electron chi connectivity index (χ0n) is 29.3. The predicted octanol–water partition coefficient (Wildman–Crippen LogP) is 5.25. The van der Waals surface area contributed by atoms with E-state index in [1.807, 2.05) is 67.9 Å². The molecule has 2 aliphatic heterocycles. The average molecular weight is 678 g/mol. The van der Waals surface area contributed by atoms with Crippen molar-refractivity contribution in [3.05, 3.63) is 89.0 Å². The molecule has 1 unspecified atom stereocenters. The molecule has 2 aromatic heterocycles. The monoisotopic (exact) mass is 677 g/mol. The number of nitrogens with zero attached hydrogens (tertiary/aromatic N) is 7. The van der Waals surface area contributed by atoms with Crippen LogP contribution in [0.5, 0.6) is 0 Å². The highest BCUT2D eigenvalue weighted by atomic mass is 16.5. The van der Waals surface area contributed by atoms with Gasteiger partial charge >= 0.3 is 0 Å². The lowest BCUT2D eigenvalue weighted by molar-refractivity contribution is 0.0336. The predicted molar refractivity (Wildman–Crippen MR) is 193 cm³/mol. The van der Waals surface area contributed by atoms with E-state index in [9.17, 15) is 10.1 Å². The third-order valence-corrected chi connectivity index (χ3v) is 9.66. The van der Waals surface area contributed by atoms with Crippen LogP contribution in [0, 0.1) is 18.3 Å². The van der Waals surface area contributed by atoms with Crippen molar-refractivity contribution in [3.63, 3.8) is 0 Å². The van der Waals surface area contributed by atoms with Crippen LogP contribution in [0.3, 0.4) is 0 Å². The first-order valence-electron chi connectivity index (χ1n) is 17.5. The number of hydrogen-bond donors (Lipinski definition) is 2. The van der Waals surface area contributed by atoms with Gasteiger partial charge in [0.25, 0.3) is 5.91 Å². The SMILES string of the molecule is CCC(C)(C#N)c1cccc(C(=O)Nc2ccc(C)c(Nc3cc(CN4CCOCC4)nn3-c3cc(CCCN4CCOCC4)ncn3)c2)c1. The number of nitrogens with one attached hydrogen (secondary N) is 2. The van der Waals surface area contributed by atoms with E-state index in [1.54, 1.807) is 12.4 Å². The molecule has 0 saturated carbocycles. The Morgan fingerprint density at radius 2 is 1.72 bits per heavy atom. The smallest absolute Gasteiger partial charge is 0.255 e. The first-order chi connectivity index (χ1) is 24.3. The van der Waals surface area contributed by atoms with Gasteiger partial charge in [0.1, 0.15) is 12.1 Å². The second-order valence-corrected chi connectivity index (χ2v) is 13.2. The Bertz CT molecular complexity index is 1810. The minimum Gasteiger partial charge on any atom is -0.379 e. The second-order valence-electron chi connectivity index (χ2n) is 13.2. The molecule has 262 valence electrons. The number of carbonyl (C=O) groups is 1. The Labute approximate surface area is 294 Å². The molecule has 2 aliphatic rings. The molecule has 2 N–H and O–H groups in total. The topological polar surface area (TPSA) is 133 Å². The fourth-order valence-corrected chi connectivity index (χ4v) is 6.23. The molecule has 12 nitrogen and oxygen atoms in total. The molecule has 0 spiro atoms. The van der Waals surface area contributed by atoms with Crippen LogP contribution in [-0.2, 0) is 27.9 Å². The lowest BCUT2D eigenvalue weighted by Crippen LogP contribution is -2.36. The van der Waals surface area contributed by atoms with Crippen LogP contribution in [0.25, 0.3) is 5.82 Å². The Kier molecular flexibility index (Phi) is 11.5. The maximum absolute atomic E-state index is 13.4. The van der Waals surface area contributed by atoms with Gasteiger partial charge in [0.2, 0.25) is 0 Å². The Morgan fingerprint density at radius 1 is 0.960 bits per heavy atom. The van der Waals surface area contributed by atoms with Gasteiger partial charge in [-0.3, -0.25) is 14.6 Å². The summed E-state index contributed by atoms with van der Waals surface area (Å²) >= 11 is 0. The standard InChI is InChI=1S/C38H47N9O3/c1-4-38(3,26-39)30-8-5-7-29(21-30)37(48)42-32-11-10-28(2)34(22-32)43-36-24-33(25-46-15-19-50-20-16-46)44-47(36)35-23-31(40-27-41-35)9-6-12-45-13-17-49-18-14-45/h5,7-8,10-11,21-24,27,43H,4,6,9,12-20,25H2,1-3H3,(H,42,48). The number of amides is 1. The van der Waals surface area contributed by atoms with Gasteiger partial charge in [0.05, 0.1) is 43.6 Å². The van der Waals surface area contributed by atoms with Crippen molar-refractivity contribution in [2.45, 2.75) is 52.0 Å². The number of morpholine rings is 2. The Hall–Kier alpha value is -4.67. The highest BCUT2D eigenvalue weighted by molar-refractivity contribution is 6.04. The lowest BCUT2D eigenvalue weighted by atomic mass is 9.81. The third kappa shape index (κ3) is 8.73. The maximum Gasteiger partial charge on any atom is 0.255 e. The molecule has 2 saturated heterocycles. The van der Waals surface area contributed by atoms with Gasteiger partial charge < -0.3 is 20.1 Å². The first kappa shape index (κ1) is 35.2. The van der Waals surface area contributed by atoms with Crippen LogP contribution in [0.4, 0.5) is 17.2 Å². The minimum absolute atomic E-state index is 0.238. The number of hydrogen-bond acceptors (Lipinski definition) is 10. The fourth-order valence-electron chi connectivity index (χ4n) is 6.23. The van der Waals surface area contributed by atoms with Crippen LogP contribution >= 0.6 is 0 Å². The van der Waals surface area contributed by atoms with Crippen LogP contribution in [0.2, 0.25) is 0 Å². The molecule has 6 rings (SSSR count). The number of nitriles is 1. The number of rotatable bonds is 13. The summed E-state index contributed by atoms with van der Waals surface area (Å²) in [5.41, 5.74) is 5.05. The van der Waals surface area contributed by atoms with E-state index >= 15 is 0 Å². The van der Waals surface area contributed by atoms with E-state index in [-0.39, 0.29) is 5.91 Å². The molecule has 1 atom stereocenters. The van der Waals surface area contributed by atoms with Gasteiger partial charge in [0.15, 0.2) is 5.82 Å². The Balaban J connectivity index is 1.22. The van der Waals surface area contributed by atoms with Crippen molar-refractivity contribution in [2.75, 3.05) is 69.8 Å². The van der Waals surface area contributed by atoms with Gasteiger partial charge in [-0.2, -0.15) is 15.0 Å². The molecular formula is C38H47N9O3.